The molecule has 0 bridgehead atoms. The van der Waals surface area contributed by atoms with E-state index in [1.165, 1.54) is 29.2 Å². The molecule has 3 aromatic carbocycles. The van der Waals surface area contributed by atoms with Crippen LogP contribution in [0.25, 0.3) is 5.76 Å². The minimum absolute atomic E-state index is 0.0634. The molecule has 7 nitrogen and oxygen atoms in total. The number of nitro groups is 1. The van der Waals surface area contributed by atoms with Gasteiger partial charge in [-0.3, -0.25) is 24.6 Å². The molecule has 0 saturated carbocycles. The van der Waals surface area contributed by atoms with Crippen LogP contribution < -0.4 is 4.90 Å². The molecule has 1 fully saturated rings. The minimum atomic E-state index is -0.926. The average Bonchev–Trinajstić information content (AvgIpc) is 3.05. The van der Waals surface area contributed by atoms with Crippen LogP contribution in [0, 0.1) is 17.0 Å². The molecule has 0 radical (unpaired) electrons. The van der Waals surface area contributed by atoms with Gasteiger partial charge in [0, 0.05) is 23.4 Å². The Bertz CT molecular complexity index is 1200. The Kier molecular flexibility index (Phi) is 5.09. The number of hydrogen-bond donors (Lipinski definition) is 1. The first-order valence-corrected chi connectivity index (χ1v) is 9.56. The van der Waals surface area contributed by atoms with Gasteiger partial charge in [0.05, 0.1) is 16.5 Å². The van der Waals surface area contributed by atoms with Crippen molar-refractivity contribution in [1.82, 2.24) is 0 Å². The zero-order chi connectivity index (χ0) is 22.1. The maximum atomic E-state index is 13.0. The lowest BCUT2D eigenvalue weighted by molar-refractivity contribution is -0.384. The number of non-ortho nitro benzene ring substituents is 1. The van der Waals surface area contributed by atoms with E-state index in [2.05, 4.69) is 0 Å². The molecule has 1 aliphatic rings. The third-order valence-corrected chi connectivity index (χ3v) is 5.22. The predicted molar refractivity (Wildman–Crippen MR) is 116 cm³/mol. The molecule has 0 spiro atoms. The molecule has 31 heavy (non-hydrogen) atoms. The number of nitrogens with zero attached hydrogens (tertiary/aromatic N) is 2. The van der Waals surface area contributed by atoms with Gasteiger partial charge in [-0.25, -0.2) is 0 Å². The van der Waals surface area contributed by atoms with Crippen molar-refractivity contribution >= 4 is 28.8 Å². The second-order valence-electron chi connectivity index (χ2n) is 7.22. The van der Waals surface area contributed by atoms with Crippen molar-refractivity contribution in [1.29, 1.82) is 0 Å². The van der Waals surface area contributed by atoms with Gasteiger partial charge in [0.15, 0.2) is 0 Å². The van der Waals surface area contributed by atoms with Gasteiger partial charge in [0.25, 0.3) is 17.4 Å². The monoisotopic (exact) mass is 414 g/mol. The van der Waals surface area contributed by atoms with Crippen LogP contribution >= 0.6 is 0 Å². The van der Waals surface area contributed by atoms with Crippen LogP contribution in [0.15, 0.2) is 84.4 Å². The number of carbonyl (C=O) groups excluding carboxylic acids is 2. The van der Waals surface area contributed by atoms with Crippen LogP contribution in [0.4, 0.5) is 11.4 Å². The van der Waals surface area contributed by atoms with Crippen LogP contribution in [0.3, 0.4) is 0 Å². The quantitative estimate of drug-likeness (QED) is 0.222. The summed E-state index contributed by atoms with van der Waals surface area (Å²) in [4.78, 5) is 37.8. The third kappa shape index (κ3) is 3.57. The molecule has 1 saturated heterocycles. The van der Waals surface area contributed by atoms with E-state index in [0.29, 0.717) is 16.8 Å². The second-order valence-corrected chi connectivity index (χ2v) is 7.22. The maximum absolute atomic E-state index is 13.0. The summed E-state index contributed by atoms with van der Waals surface area (Å²) in [5.74, 6) is -1.88. The number of benzene rings is 3. The number of rotatable bonds is 4. The first kappa shape index (κ1) is 20.0. The zero-order valence-electron chi connectivity index (χ0n) is 16.6. The summed E-state index contributed by atoms with van der Waals surface area (Å²) in [6.07, 6.45) is 0. The van der Waals surface area contributed by atoms with E-state index in [0.717, 1.165) is 5.56 Å². The van der Waals surface area contributed by atoms with Gasteiger partial charge in [-0.1, -0.05) is 48.0 Å². The number of aryl methyl sites for hydroxylation is 1. The fourth-order valence-corrected chi connectivity index (χ4v) is 3.65. The van der Waals surface area contributed by atoms with E-state index in [4.69, 9.17) is 0 Å². The lowest BCUT2D eigenvalue weighted by Gasteiger charge is -2.25. The van der Waals surface area contributed by atoms with E-state index in [9.17, 15) is 24.8 Å². The molecular formula is C24H18N2O5. The number of hydrogen-bond acceptors (Lipinski definition) is 5. The smallest absolute Gasteiger partial charge is 0.300 e. The number of Topliss-reactive ketones (excluding diaryl/α,β-unsaturated/α-hetero) is 1. The number of carbonyl (C=O) groups is 2. The predicted octanol–water partition coefficient (Wildman–Crippen LogP) is 4.53. The number of ketones is 1. The van der Waals surface area contributed by atoms with Crippen LogP contribution in [-0.4, -0.2) is 21.7 Å². The van der Waals surface area contributed by atoms with E-state index < -0.39 is 22.7 Å². The lowest BCUT2D eigenvalue weighted by atomic mass is 9.94. The normalized spacial score (nSPS) is 17.7. The summed E-state index contributed by atoms with van der Waals surface area (Å²) in [6, 6.07) is 20.3. The highest BCUT2D eigenvalue weighted by molar-refractivity contribution is 6.51. The molecule has 154 valence electrons. The Labute approximate surface area is 178 Å². The van der Waals surface area contributed by atoms with Gasteiger partial charge in [0.2, 0.25) is 0 Å². The SMILES string of the molecule is Cc1ccc(C(O)=C2C(=O)C(=O)N(c3ccccc3)[C@H]2c2ccc([N+](=O)[O-])cc2)cc1. The number of amides is 1. The fourth-order valence-electron chi connectivity index (χ4n) is 3.65. The van der Waals surface area contributed by atoms with Gasteiger partial charge in [-0.2, -0.15) is 0 Å². The van der Waals surface area contributed by atoms with Crippen molar-refractivity contribution in [3.05, 3.63) is 111 Å². The summed E-state index contributed by atoms with van der Waals surface area (Å²) >= 11 is 0. The molecule has 0 aromatic heterocycles. The number of aliphatic hydroxyl groups excluding tert-OH is 1. The van der Waals surface area contributed by atoms with Crippen LogP contribution in [0.5, 0.6) is 0 Å². The molecule has 1 heterocycles. The summed E-state index contributed by atoms with van der Waals surface area (Å²) in [5.41, 5.74) is 2.17. The number of para-hydroxylation sites is 1. The standard InChI is InChI=1S/C24H18N2O5/c1-15-7-9-17(10-8-15)22(27)20-21(16-11-13-19(14-12-16)26(30)31)25(24(29)23(20)28)18-5-3-2-4-6-18/h2-14,21,27H,1H3/t21-/m0/s1. The Morgan fingerprint density at radius 2 is 1.55 bits per heavy atom. The largest absolute Gasteiger partial charge is 0.507 e. The first-order valence-electron chi connectivity index (χ1n) is 9.56. The molecule has 4 rings (SSSR count). The highest BCUT2D eigenvalue weighted by Crippen LogP contribution is 2.42. The minimum Gasteiger partial charge on any atom is -0.507 e. The molecule has 1 aliphatic heterocycles. The Morgan fingerprint density at radius 3 is 2.13 bits per heavy atom. The highest BCUT2D eigenvalue weighted by atomic mass is 16.6. The van der Waals surface area contributed by atoms with Gasteiger partial charge >= 0.3 is 0 Å². The summed E-state index contributed by atoms with van der Waals surface area (Å²) < 4.78 is 0. The fraction of sp³-hybridized carbons (Fsp3) is 0.0833. The average molecular weight is 414 g/mol. The van der Waals surface area contributed by atoms with Crippen LogP contribution in [0.1, 0.15) is 22.7 Å². The second kappa shape index (κ2) is 7.87. The molecule has 7 heteroatoms. The first-order chi connectivity index (χ1) is 14.9. The summed E-state index contributed by atoms with van der Waals surface area (Å²) in [5, 5.41) is 22.1. The molecule has 0 unspecified atom stereocenters. The van der Waals surface area contributed by atoms with Crippen LogP contribution in [0.2, 0.25) is 0 Å². The van der Waals surface area contributed by atoms with Crippen LogP contribution in [-0.2, 0) is 9.59 Å². The Balaban J connectivity index is 1.92. The van der Waals surface area contributed by atoms with Crippen molar-refractivity contribution in [3.63, 3.8) is 0 Å². The summed E-state index contributed by atoms with van der Waals surface area (Å²) in [7, 11) is 0. The van der Waals surface area contributed by atoms with E-state index in [-0.39, 0.29) is 17.0 Å². The van der Waals surface area contributed by atoms with Gasteiger partial charge in [0.1, 0.15) is 5.76 Å². The lowest BCUT2D eigenvalue weighted by Crippen LogP contribution is -2.29. The van der Waals surface area contributed by atoms with E-state index >= 15 is 0 Å². The molecule has 0 aliphatic carbocycles. The molecule has 1 amide bonds. The van der Waals surface area contributed by atoms with Crippen molar-refractivity contribution in [3.8, 4) is 0 Å². The van der Waals surface area contributed by atoms with Gasteiger partial charge < -0.3 is 5.11 Å². The van der Waals surface area contributed by atoms with Gasteiger partial charge in [-0.15, -0.1) is 0 Å². The Morgan fingerprint density at radius 1 is 0.935 bits per heavy atom. The molecule has 1 atom stereocenters. The number of nitro benzene ring substituents is 1. The highest BCUT2D eigenvalue weighted by Gasteiger charge is 2.47. The zero-order valence-corrected chi connectivity index (χ0v) is 16.6. The van der Waals surface area contributed by atoms with Crippen molar-refractivity contribution in [2.45, 2.75) is 13.0 Å². The van der Waals surface area contributed by atoms with E-state index in [1.807, 2.05) is 6.92 Å². The maximum Gasteiger partial charge on any atom is 0.300 e. The Hall–Kier alpha value is -4.26. The van der Waals surface area contributed by atoms with Gasteiger partial charge in [-0.05, 0) is 36.8 Å². The number of aliphatic hydroxyl groups is 1. The topological polar surface area (TPSA) is 101 Å². The third-order valence-electron chi connectivity index (χ3n) is 5.22. The van der Waals surface area contributed by atoms with Crippen molar-refractivity contribution < 1.29 is 19.6 Å². The van der Waals surface area contributed by atoms with E-state index in [1.54, 1.807) is 54.6 Å². The number of anilines is 1. The van der Waals surface area contributed by atoms with Crippen molar-refractivity contribution in [2.24, 2.45) is 0 Å². The summed E-state index contributed by atoms with van der Waals surface area (Å²) in [6.45, 7) is 1.90. The van der Waals surface area contributed by atoms with Crippen molar-refractivity contribution in [2.75, 3.05) is 4.90 Å². The molecule has 1 N–H and O–H groups in total. The molecular weight excluding hydrogens is 396 g/mol. The molecule has 3 aromatic rings.